The van der Waals surface area contributed by atoms with Crippen molar-refractivity contribution in [2.45, 2.75) is 11.8 Å². The van der Waals surface area contributed by atoms with E-state index in [1.165, 1.54) is 42.0 Å². The Kier molecular flexibility index (Phi) is 9.59. The summed E-state index contributed by atoms with van der Waals surface area (Å²) in [6.07, 6.45) is 1.83. The summed E-state index contributed by atoms with van der Waals surface area (Å²) in [6, 6.07) is 20.1. The fraction of sp³-hybridized carbons (Fsp3) is 0.226. The lowest BCUT2D eigenvalue weighted by Crippen LogP contribution is -2.48. The molecule has 0 saturated carbocycles. The van der Waals surface area contributed by atoms with Crippen LogP contribution in [0.4, 0.5) is 15.9 Å². The first-order chi connectivity index (χ1) is 20.7. The second kappa shape index (κ2) is 13.5. The molecule has 0 atom stereocenters. The van der Waals surface area contributed by atoms with Gasteiger partial charge >= 0.3 is 0 Å². The largest absolute Gasteiger partial charge is 0.455 e. The van der Waals surface area contributed by atoms with E-state index in [4.69, 9.17) is 4.74 Å². The molecule has 224 valence electrons. The van der Waals surface area contributed by atoms with Crippen LogP contribution in [0.5, 0.6) is 11.5 Å². The number of aryl methyl sites for hydroxylation is 1. The number of hydrogen-bond acceptors (Lipinski definition) is 7. The minimum Gasteiger partial charge on any atom is -0.455 e. The van der Waals surface area contributed by atoms with E-state index in [9.17, 15) is 17.6 Å². The number of ether oxygens (including phenoxy) is 1. The van der Waals surface area contributed by atoms with E-state index in [0.29, 0.717) is 24.4 Å². The van der Waals surface area contributed by atoms with Crippen molar-refractivity contribution in [1.82, 2.24) is 15.2 Å². The molecule has 0 unspecified atom stereocenters. The van der Waals surface area contributed by atoms with Crippen molar-refractivity contribution in [1.29, 1.82) is 0 Å². The third kappa shape index (κ3) is 8.09. The lowest BCUT2D eigenvalue weighted by atomic mass is 10.2. The number of aromatic nitrogens is 1. The molecule has 1 aliphatic heterocycles. The van der Waals surface area contributed by atoms with Crippen LogP contribution in [0.2, 0.25) is 0 Å². The van der Waals surface area contributed by atoms with E-state index >= 15 is 0 Å². The number of nitrogens with one attached hydrogen (secondary N) is 2. The number of sulfonamides is 1. The molecule has 0 aliphatic carbocycles. The molecule has 2 N–H and O–H groups in total. The molecule has 0 spiro atoms. The Morgan fingerprint density at radius 2 is 1.70 bits per heavy atom. The van der Waals surface area contributed by atoms with Crippen LogP contribution in [0.25, 0.3) is 0 Å². The maximum Gasteiger partial charge on any atom is 0.262 e. The van der Waals surface area contributed by atoms with E-state index in [0.717, 1.165) is 42.5 Å². The van der Waals surface area contributed by atoms with Gasteiger partial charge in [-0.15, -0.1) is 0 Å². The minimum absolute atomic E-state index is 0.0549. The number of hydrogen-bond donors (Lipinski definition) is 2. The van der Waals surface area contributed by atoms with Crippen LogP contribution in [0.15, 0.2) is 94.4 Å². The van der Waals surface area contributed by atoms with Crippen LogP contribution >= 0.6 is 15.9 Å². The van der Waals surface area contributed by atoms with Gasteiger partial charge in [0, 0.05) is 61.6 Å². The average Bonchev–Trinajstić information content (AvgIpc) is 3.00. The van der Waals surface area contributed by atoms with Crippen LogP contribution < -0.4 is 19.7 Å². The van der Waals surface area contributed by atoms with E-state index in [-0.39, 0.29) is 22.2 Å². The van der Waals surface area contributed by atoms with Crippen LogP contribution in [0.1, 0.15) is 15.9 Å². The molecule has 0 radical (unpaired) electrons. The number of carbonyl (C=O) groups is 1. The summed E-state index contributed by atoms with van der Waals surface area (Å²) in [5.41, 5.74) is 1.46. The van der Waals surface area contributed by atoms with Crippen LogP contribution in [-0.2, 0) is 10.0 Å². The first-order valence-electron chi connectivity index (χ1n) is 13.7. The minimum atomic E-state index is -4.10. The normalized spacial score (nSPS) is 13.9. The molecule has 5 rings (SSSR count). The molecule has 3 aromatic carbocycles. The molecular formula is C31H31BrFN5O4S. The first kappa shape index (κ1) is 30.5. The lowest BCUT2D eigenvalue weighted by Gasteiger charge is -2.35. The molecule has 43 heavy (non-hydrogen) atoms. The summed E-state index contributed by atoms with van der Waals surface area (Å²) in [6.45, 7) is 6.68. The molecule has 4 aromatic rings. The van der Waals surface area contributed by atoms with Gasteiger partial charge in [0.05, 0.1) is 10.6 Å². The number of rotatable bonds is 10. The summed E-state index contributed by atoms with van der Waals surface area (Å²) in [7, 11) is -4.10. The summed E-state index contributed by atoms with van der Waals surface area (Å²) in [4.78, 5) is 21.6. The van der Waals surface area contributed by atoms with Crippen molar-refractivity contribution in [3.05, 3.63) is 106 Å². The third-order valence-electron chi connectivity index (χ3n) is 6.97. The molecule has 9 nitrogen and oxygen atoms in total. The Hall–Kier alpha value is -4.00. The Labute approximate surface area is 258 Å². The van der Waals surface area contributed by atoms with Gasteiger partial charge in [0.1, 0.15) is 17.4 Å². The van der Waals surface area contributed by atoms with Gasteiger partial charge in [0.15, 0.2) is 5.75 Å². The number of amides is 1. The van der Waals surface area contributed by atoms with Crippen LogP contribution in [0, 0.1) is 12.7 Å². The number of carbonyl (C=O) groups excluding carboxylic acids is 1. The van der Waals surface area contributed by atoms with Gasteiger partial charge in [-0.2, -0.15) is 0 Å². The SMILES string of the molecule is Cc1ccnc(N2CCN(CCNC(=O)c3ccc(S(=O)(=O)Nc4cc(F)ccc4Oc4ccc(Br)cc4)cc3)CC2)c1. The van der Waals surface area contributed by atoms with Crippen molar-refractivity contribution in [3.8, 4) is 11.5 Å². The van der Waals surface area contributed by atoms with Gasteiger partial charge in [0.2, 0.25) is 0 Å². The number of nitrogens with zero attached hydrogens (tertiary/aromatic N) is 3. The quantitative estimate of drug-likeness (QED) is 0.232. The molecule has 1 aliphatic rings. The van der Waals surface area contributed by atoms with Crippen LogP contribution in [0.3, 0.4) is 0 Å². The maximum atomic E-state index is 14.0. The highest BCUT2D eigenvalue weighted by Crippen LogP contribution is 2.32. The topological polar surface area (TPSA) is 104 Å². The van der Waals surface area contributed by atoms with Crippen molar-refractivity contribution < 1.29 is 22.3 Å². The molecule has 1 fully saturated rings. The van der Waals surface area contributed by atoms with E-state index in [1.807, 2.05) is 12.3 Å². The summed E-state index contributed by atoms with van der Waals surface area (Å²) < 4.78 is 49.3. The van der Waals surface area contributed by atoms with Crippen molar-refractivity contribution in [2.75, 3.05) is 48.9 Å². The van der Waals surface area contributed by atoms with Crippen molar-refractivity contribution >= 4 is 43.4 Å². The van der Waals surface area contributed by atoms with Gasteiger partial charge in [-0.1, -0.05) is 15.9 Å². The molecule has 1 aromatic heterocycles. The highest BCUT2D eigenvalue weighted by Gasteiger charge is 2.20. The van der Waals surface area contributed by atoms with Gasteiger partial charge in [-0.05, 0) is 85.3 Å². The van der Waals surface area contributed by atoms with Crippen molar-refractivity contribution in [2.24, 2.45) is 0 Å². The first-order valence-corrected chi connectivity index (χ1v) is 16.0. The zero-order valence-electron chi connectivity index (χ0n) is 23.5. The van der Waals surface area contributed by atoms with Gasteiger partial charge in [0.25, 0.3) is 15.9 Å². The zero-order chi connectivity index (χ0) is 30.4. The molecule has 2 heterocycles. The zero-order valence-corrected chi connectivity index (χ0v) is 25.9. The second-order valence-corrected chi connectivity index (χ2v) is 12.7. The Morgan fingerprint density at radius 3 is 2.40 bits per heavy atom. The third-order valence-corrected chi connectivity index (χ3v) is 8.88. The summed E-state index contributed by atoms with van der Waals surface area (Å²) in [5, 5.41) is 2.90. The number of anilines is 2. The predicted octanol–water partition coefficient (Wildman–Crippen LogP) is 5.44. The predicted molar refractivity (Wildman–Crippen MR) is 168 cm³/mol. The molecular weight excluding hydrogens is 637 g/mol. The Morgan fingerprint density at radius 1 is 0.977 bits per heavy atom. The van der Waals surface area contributed by atoms with Gasteiger partial charge in [-0.3, -0.25) is 14.4 Å². The monoisotopic (exact) mass is 667 g/mol. The molecule has 1 amide bonds. The summed E-state index contributed by atoms with van der Waals surface area (Å²) in [5.74, 6) is 0.649. The average molecular weight is 669 g/mol. The van der Waals surface area contributed by atoms with E-state index in [2.05, 4.69) is 53.7 Å². The number of piperazine rings is 1. The van der Waals surface area contributed by atoms with Crippen molar-refractivity contribution in [3.63, 3.8) is 0 Å². The van der Waals surface area contributed by atoms with Crippen LogP contribution in [-0.4, -0.2) is 63.5 Å². The highest BCUT2D eigenvalue weighted by atomic mass is 79.9. The Bertz CT molecular complexity index is 1680. The van der Waals surface area contributed by atoms with Gasteiger partial charge in [-0.25, -0.2) is 17.8 Å². The molecule has 0 bridgehead atoms. The molecule has 12 heteroatoms. The number of halogens is 2. The lowest BCUT2D eigenvalue weighted by molar-refractivity contribution is 0.0947. The Balaban J connectivity index is 1.14. The van der Waals surface area contributed by atoms with Gasteiger partial charge < -0.3 is 15.0 Å². The maximum absolute atomic E-state index is 14.0. The highest BCUT2D eigenvalue weighted by molar-refractivity contribution is 9.10. The van der Waals surface area contributed by atoms with E-state index < -0.39 is 15.8 Å². The number of benzene rings is 3. The number of pyridine rings is 1. The standard InChI is InChI=1S/C31H31BrFN5O4S/c1-22-12-13-34-30(20-22)38-18-16-37(17-19-38)15-14-35-31(39)23-2-9-27(10-3-23)43(40,41)36-28-21-25(33)6-11-29(28)42-26-7-4-24(32)5-8-26/h2-13,20-21,36H,14-19H2,1H3,(H,35,39). The molecule has 1 saturated heterocycles. The fourth-order valence-electron chi connectivity index (χ4n) is 4.61. The fourth-order valence-corrected chi connectivity index (χ4v) is 5.94. The van der Waals surface area contributed by atoms with E-state index in [1.54, 1.807) is 24.3 Å². The summed E-state index contributed by atoms with van der Waals surface area (Å²) >= 11 is 3.35. The smallest absolute Gasteiger partial charge is 0.262 e. The second-order valence-electron chi connectivity index (χ2n) is 10.1.